The van der Waals surface area contributed by atoms with Gasteiger partial charge >= 0.3 is 0 Å². The van der Waals surface area contributed by atoms with Crippen molar-refractivity contribution < 1.29 is 13.2 Å². The van der Waals surface area contributed by atoms with Crippen molar-refractivity contribution in [2.45, 2.75) is 18.6 Å². The van der Waals surface area contributed by atoms with E-state index in [4.69, 9.17) is 10.5 Å². The minimum Gasteiger partial charge on any atom is -0.481 e. The van der Waals surface area contributed by atoms with E-state index in [0.29, 0.717) is 18.0 Å². The molecule has 0 bridgehead atoms. The molecule has 0 aliphatic rings. The van der Waals surface area contributed by atoms with Gasteiger partial charge < -0.3 is 10.5 Å². The first-order valence-corrected chi connectivity index (χ1v) is 6.79. The largest absolute Gasteiger partial charge is 0.481 e. The molecule has 96 valence electrons. The maximum atomic E-state index is 11.9. The second-order valence-electron chi connectivity index (χ2n) is 3.50. The predicted octanol–water partition coefficient (Wildman–Crippen LogP) is 0.569. The molecule has 0 saturated carbocycles. The minimum absolute atomic E-state index is 0.0927. The van der Waals surface area contributed by atoms with Crippen molar-refractivity contribution in [1.82, 2.24) is 4.98 Å². The summed E-state index contributed by atoms with van der Waals surface area (Å²) in [6.07, 6.45) is 1.87. The highest BCUT2D eigenvalue weighted by molar-refractivity contribution is 7.93. The lowest BCUT2D eigenvalue weighted by atomic mass is 10.3. The highest BCUT2D eigenvalue weighted by Crippen LogP contribution is 2.15. The number of nitrogens with two attached hydrogens (primary N) is 1. The van der Waals surface area contributed by atoms with Crippen LogP contribution in [0.25, 0.3) is 0 Å². The Balaban J connectivity index is 2.82. The summed E-state index contributed by atoms with van der Waals surface area (Å²) in [7, 11) is -1.96. The Morgan fingerprint density at radius 2 is 2.24 bits per heavy atom. The lowest BCUT2D eigenvalue weighted by molar-refractivity contribution is 0.398. The molecular formula is C10H17N3O3S. The van der Waals surface area contributed by atoms with E-state index >= 15 is 0 Å². The van der Waals surface area contributed by atoms with Gasteiger partial charge in [-0.1, -0.05) is 6.92 Å². The van der Waals surface area contributed by atoms with Gasteiger partial charge in [-0.3, -0.25) is 4.72 Å². The van der Waals surface area contributed by atoms with Crippen LogP contribution in [0.1, 0.15) is 13.3 Å². The number of aromatic nitrogens is 1. The van der Waals surface area contributed by atoms with Crippen LogP contribution in [0.2, 0.25) is 0 Å². The summed E-state index contributed by atoms with van der Waals surface area (Å²) >= 11 is 0. The monoisotopic (exact) mass is 259 g/mol. The second kappa shape index (κ2) is 5.83. The van der Waals surface area contributed by atoms with E-state index in [-0.39, 0.29) is 6.54 Å². The molecule has 0 aliphatic carbocycles. The molecule has 0 spiro atoms. The molecule has 0 aliphatic heterocycles. The van der Waals surface area contributed by atoms with Crippen molar-refractivity contribution in [1.29, 1.82) is 0 Å². The molecule has 1 atom stereocenters. The summed E-state index contributed by atoms with van der Waals surface area (Å²) in [5.74, 6) is 0.429. The lowest BCUT2D eigenvalue weighted by Crippen LogP contribution is -2.33. The van der Waals surface area contributed by atoms with Crippen molar-refractivity contribution >= 4 is 15.7 Å². The molecule has 0 aromatic carbocycles. The minimum atomic E-state index is -3.45. The highest BCUT2D eigenvalue weighted by Gasteiger charge is 2.22. The van der Waals surface area contributed by atoms with Crippen molar-refractivity contribution in [3.8, 4) is 5.88 Å². The van der Waals surface area contributed by atoms with Crippen molar-refractivity contribution in [2.24, 2.45) is 5.73 Å². The Bertz CT molecular complexity index is 440. The summed E-state index contributed by atoms with van der Waals surface area (Å²) in [6.45, 7) is 1.87. The number of nitrogens with zero attached hydrogens (tertiary/aromatic N) is 1. The number of hydrogen-bond donors (Lipinski definition) is 2. The number of sulfonamides is 1. The molecule has 0 fully saturated rings. The predicted molar refractivity (Wildman–Crippen MR) is 66.5 cm³/mol. The Hall–Kier alpha value is -1.34. The smallest absolute Gasteiger partial charge is 0.236 e. The molecule has 1 unspecified atom stereocenters. The van der Waals surface area contributed by atoms with Crippen LogP contribution in [0, 0.1) is 0 Å². The van der Waals surface area contributed by atoms with Crippen LogP contribution in [0.3, 0.4) is 0 Å². The number of rotatable bonds is 6. The summed E-state index contributed by atoms with van der Waals surface area (Å²) in [4.78, 5) is 3.91. The number of nitrogens with one attached hydrogen (secondary N) is 1. The number of anilines is 1. The molecule has 0 saturated heterocycles. The molecule has 1 aromatic rings. The highest BCUT2D eigenvalue weighted by atomic mass is 32.2. The summed E-state index contributed by atoms with van der Waals surface area (Å²) in [5.41, 5.74) is 5.81. The molecule has 17 heavy (non-hydrogen) atoms. The summed E-state index contributed by atoms with van der Waals surface area (Å²) in [6, 6.07) is 3.17. The van der Waals surface area contributed by atoms with Crippen LogP contribution in [0.15, 0.2) is 18.3 Å². The first kappa shape index (κ1) is 13.7. The van der Waals surface area contributed by atoms with Gasteiger partial charge in [0.1, 0.15) is 0 Å². The van der Waals surface area contributed by atoms with Gasteiger partial charge in [0.25, 0.3) is 0 Å². The van der Waals surface area contributed by atoms with Gasteiger partial charge in [-0.05, 0) is 12.5 Å². The van der Waals surface area contributed by atoms with Gasteiger partial charge in [0.05, 0.1) is 24.2 Å². The lowest BCUT2D eigenvalue weighted by Gasteiger charge is -2.15. The van der Waals surface area contributed by atoms with Crippen molar-refractivity contribution in [3.63, 3.8) is 0 Å². The summed E-state index contributed by atoms with van der Waals surface area (Å²) < 4.78 is 31.1. The standard InChI is InChI=1S/C10H17N3O3S/c1-3-9(6-11)17(14,15)13-8-4-5-10(16-2)12-7-8/h4-5,7,9,13H,3,6,11H2,1-2H3. The zero-order valence-corrected chi connectivity index (χ0v) is 10.7. The average molecular weight is 259 g/mol. The van der Waals surface area contributed by atoms with Crippen LogP contribution in [-0.2, 0) is 10.0 Å². The molecule has 1 rings (SSSR count). The third kappa shape index (κ3) is 3.57. The van der Waals surface area contributed by atoms with Gasteiger partial charge in [-0.25, -0.2) is 13.4 Å². The van der Waals surface area contributed by atoms with Gasteiger partial charge in [0.2, 0.25) is 15.9 Å². The first-order chi connectivity index (χ1) is 8.03. The van der Waals surface area contributed by atoms with Crippen LogP contribution in [-0.4, -0.2) is 32.3 Å². The molecule has 0 amide bonds. The van der Waals surface area contributed by atoms with Gasteiger partial charge in [0, 0.05) is 12.6 Å². The number of pyridine rings is 1. The zero-order valence-electron chi connectivity index (χ0n) is 9.88. The van der Waals surface area contributed by atoms with Crippen LogP contribution >= 0.6 is 0 Å². The number of hydrogen-bond acceptors (Lipinski definition) is 5. The first-order valence-electron chi connectivity index (χ1n) is 5.25. The van der Waals surface area contributed by atoms with E-state index in [2.05, 4.69) is 9.71 Å². The normalized spacial score (nSPS) is 13.1. The van der Waals surface area contributed by atoms with E-state index in [0.717, 1.165) is 0 Å². The fraction of sp³-hybridized carbons (Fsp3) is 0.500. The molecule has 6 nitrogen and oxygen atoms in total. The molecule has 1 aromatic heterocycles. The van der Waals surface area contributed by atoms with E-state index in [9.17, 15) is 8.42 Å². The number of ether oxygens (including phenoxy) is 1. The van der Waals surface area contributed by atoms with Gasteiger partial charge in [0.15, 0.2) is 0 Å². The van der Waals surface area contributed by atoms with E-state index in [1.54, 1.807) is 19.1 Å². The molecule has 1 heterocycles. The van der Waals surface area contributed by atoms with Gasteiger partial charge in [-0.2, -0.15) is 0 Å². The Morgan fingerprint density at radius 3 is 2.65 bits per heavy atom. The van der Waals surface area contributed by atoms with Crippen LogP contribution in [0.4, 0.5) is 5.69 Å². The molecular weight excluding hydrogens is 242 g/mol. The maximum absolute atomic E-state index is 11.9. The van der Waals surface area contributed by atoms with Crippen molar-refractivity contribution in [2.75, 3.05) is 18.4 Å². The number of methoxy groups -OCH3 is 1. The third-order valence-corrected chi connectivity index (χ3v) is 4.29. The van der Waals surface area contributed by atoms with E-state index in [1.165, 1.54) is 13.3 Å². The molecule has 0 radical (unpaired) electrons. The second-order valence-corrected chi connectivity index (χ2v) is 5.46. The maximum Gasteiger partial charge on any atom is 0.236 e. The fourth-order valence-electron chi connectivity index (χ4n) is 1.32. The quantitative estimate of drug-likeness (QED) is 0.779. The topological polar surface area (TPSA) is 94.3 Å². The Labute approximate surface area is 101 Å². The van der Waals surface area contributed by atoms with Crippen molar-refractivity contribution in [3.05, 3.63) is 18.3 Å². The van der Waals surface area contributed by atoms with E-state index in [1.807, 2.05) is 0 Å². The Kier molecular flexibility index (Phi) is 4.71. The summed E-state index contributed by atoms with van der Waals surface area (Å²) in [5, 5.41) is -0.593. The third-order valence-electron chi connectivity index (χ3n) is 2.36. The van der Waals surface area contributed by atoms with Gasteiger partial charge in [-0.15, -0.1) is 0 Å². The SMILES string of the molecule is CCC(CN)S(=O)(=O)Nc1ccc(OC)nc1. The fourth-order valence-corrected chi connectivity index (χ4v) is 2.63. The van der Waals surface area contributed by atoms with E-state index < -0.39 is 15.3 Å². The van der Waals surface area contributed by atoms with Crippen LogP contribution < -0.4 is 15.2 Å². The van der Waals surface area contributed by atoms with Crippen LogP contribution in [0.5, 0.6) is 5.88 Å². The average Bonchev–Trinajstić information content (AvgIpc) is 2.30. The zero-order chi connectivity index (χ0) is 12.9. The molecule has 3 N–H and O–H groups in total. The molecule has 7 heteroatoms. The Morgan fingerprint density at radius 1 is 1.53 bits per heavy atom.